The Labute approximate surface area is 207 Å². The van der Waals surface area contributed by atoms with Gasteiger partial charge in [-0.05, 0) is 37.8 Å². The quantitative estimate of drug-likeness (QED) is 0.339. The molecule has 0 radical (unpaired) electrons. The number of piperidine rings is 1. The van der Waals surface area contributed by atoms with Gasteiger partial charge in [0.05, 0.1) is 24.5 Å². The van der Waals surface area contributed by atoms with Gasteiger partial charge >= 0.3 is 0 Å². The third kappa shape index (κ3) is 7.41. The van der Waals surface area contributed by atoms with Crippen molar-refractivity contribution in [2.45, 2.75) is 44.9 Å². The molecule has 190 valence electrons. The molecule has 2 aromatic heterocycles. The maximum absolute atomic E-state index is 10.8. The second-order valence-corrected chi connectivity index (χ2v) is 9.06. The van der Waals surface area contributed by atoms with Gasteiger partial charge in [0.2, 0.25) is 5.88 Å². The van der Waals surface area contributed by atoms with Crippen LogP contribution in [0, 0.1) is 0 Å². The summed E-state index contributed by atoms with van der Waals surface area (Å²) >= 11 is 0. The van der Waals surface area contributed by atoms with Crippen molar-refractivity contribution in [2.24, 2.45) is 0 Å². The summed E-state index contributed by atoms with van der Waals surface area (Å²) in [5.74, 6) is 1.60. The van der Waals surface area contributed by atoms with E-state index in [1.807, 2.05) is 30.3 Å². The Kier molecular flexibility index (Phi) is 9.77. The van der Waals surface area contributed by atoms with Gasteiger partial charge < -0.3 is 28.4 Å². The van der Waals surface area contributed by atoms with Gasteiger partial charge in [0.1, 0.15) is 18.1 Å². The molecule has 1 fully saturated rings. The van der Waals surface area contributed by atoms with Crippen molar-refractivity contribution < 1.29 is 23.5 Å². The summed E-state index contributed by atoms with van der Waals surface area (Å²) in [4.78, 5) is 4.56. The molecule has 1 aromatic carbocycles. The normalized spacial score (nSPS) is 15.1. The van der Waals surface area contributed by atoms with Crippen LogP contribution in [0.4, 0.5) is 5.88 Å². The number of aliphatic hydroxyl groups excluding tert-OH is 1. The van der Waals surface area contributed by atoms with Gasteiger partial charge in [-0.2, -0.15) is 0 Å². The largest absolute Gasteiger partial charge is 0.467 e. The summed E-state index contributed by atoms with van der Waals surface area (Å²) in [5.41, 5.74) is 2.97. The zero-order valence-corrected chi connectivity index (χ0v) is 20.6. The Hall–Kier alpha value is -2.65. The van der Waals surface area contributed by atoms with Crippen LogP contribution in [0.2, 0.25) is 0 Å². The van der Waals surface area contributed by atoms with Crippen molar-refractivity contribution in [1.82, 2.24) is 10.1 Å². The van der Waals surface area contributed by atoms with Crippen molar-refractivity contribution in [2.75, 3.05) is 51.4 Å². The number of aromatic nitrogens is 1. The molecule has 0 aliphatic carbocycles. The van der Waals surface area contributed by atoms with Crippen molar-refractivity contribution in [3.8, 4) is 11.3 Å². The van der Waals surface area contributed by atoms with Crippen molar-refractivity contribution in [3.63, 3.8) is 0 Å². The molecular formula is C27H37N3O5. The van der Waals surface area contributed by atoms with Gasteiger partial charge in [-0.3, -0.25) is 4.90 Å². The number of anilines is 1. The van der Waals surface area contributed by atoms with E-state index in [1.54, 1.807) is 13.4 Å². The summed E-state index contributed by atoms with van der Waals surface area (Å²) in [6.07, 6.45) is 5.41. The molecule has 1 aliphatic rings. The second-order valence-electron chi connectivity index (χ2n) is 9.06. The predicted octanol–water partition coefficient (Wildman–Crippen LogP) is 4.34. The summed E-state index contributed by atoms with van der Waals surface area (Å²) in [6, 6.07) is 13.9. The average molecular weight is 484 g/mol. The minimum Gasteiger partial charge on any atom is -0.467 e. The second kappa shape index (κ2) is 13.4. The van der Waals surface area contributed by atoms with Crippen LogP contribution in [-0.2, 0) is 22.6 Å². The molecule has 8 nitrogen and oxygen atoms in total. The monoisotopic (exact) mass is 483 g/mol. The van der Waals surface area contributed by atoms with Crippen LogP contribution in [0.3, 0.4) is 0 Å². The molecule has 35 heavy (non-hydrogen) atoms. The summed E-state index contributed by atoms with van der Waals surface area (Å²) < 4.78 is 22.2. The van der Waals surface area contributed by atoms with E-state index in [0.717, 1.165) is 67.4 Å². The lowest BCUT2D eigenvalue weighted by molar-refractivity contribution is 0.00283. The number of nitrogens with zero attached hydrogens (tertiary/aromatic N) is 3. The highest BCUT2D eigenvalue weighted by Crippen LogP contribution is 2.34. The maximum atomic E-state index is 10.8. The topological polar surface area (TPSA) is 84.3 Å². The van der Waals surface area contributed by atoms with E-state index >= 15 is 0 Å². The molecule has 1 aliphatic heterocycles. The van der Waals surface area contributed by atoms with E-state index in [2.05, 4.69) is 27.1 Å². The lowest BCUT2D eigenvalue weighted by atomic mass is 10.1. The first-order valence-corrected chi connectivity index (χ1v) is 12.5. The van der Waals surface area contributed by atoms with Gasteiger partial charge in [0.15, 0.2) is 0 Å². The Morgan fingerprint density at radius 1 is 1.11 bits per heavy atom. The number of aliphatic hydroxyl groups is 1. The molecule has 0 spiro atoms. The standard InChI is InChI=1S/C27H37N3O5/c1-32-16-9-13-29(18-23(31)20-33-21-24-12-8-17-34-24)19-25-26(22-10-4-2-5-11-22)28-35-27(25)30-14-6-3-7-15-30/h2,4-5,8,10-12,17,23,31H,3,6-7,9,13-16,18-21H2,1H3/t23-/m1/s1. The van der Waals surface area contributed by atoms with Crippen LogP contribution in [0.15, 0.2) is 57.7 Å². The van der Waals surface area contributed by atoms with Crippen LogP contribution in [0.1, 0.15) is 37.0 Å². The Morgan fingerprint density at radius 3 is 2.69 bits per heavy atom. The maximum Gasteiger partial charge on any atom is 0.232 e. The Balaban J connectivity index is 1.49. The fraction of sp³-hybridized carbons (Fsp3) is 0.519. The van der Waals surface area contributed by atoms with Gasteiger partial charge in [-0.15, -0.1) is 0 Å². The zero-order valence-electron chi connectivity index (χ0n) is 20.6. The minimum absolute atomic E-state index is 0.232. The zero-order chi connectivity index (χ0) is 24.3. The van der Waals surface area contributed by atoms with Gasteiger partial charge in [-0.25, -0.2) is 0 Å². The molecule has 3 heterocycles. The molecule has 1 N–H and O–H groups in total. The van der Waals surface area contributed by atoms with Crippen molar-refractivity contribution >= 4 is 5.88 Å². The first-order valence-electron chi connectivity index (χ1n) is 12.5. The van der Waals surface area contributed by atoms with E-state index in [4.69, 9.17) is 18.4 Å². The number of rotatable bonds is 14. The van der Waals surface area contributed by atoms with Crippen LogP contribution in [-0.4, -0.2) is 67.8 Å². The van der Waals surface area contributed by atoms with E-state index in [9.17, 15) is 5.11 Å². The van der Waals surface area contributed by atoms with Crippen LogP contribution >= 0.6 is 0 Å². The molecule has 0 unspecified atom stereocenters. The fourth-order valence-electron chi connectivity index (χ4n) is 4.54. The van der Waals surface area contributed by atoms with E-state index in [0.29, 0.717) is 26.3 Å². The highest BCUT2D eigenvalue weighted by molar-refractivity contribution is 5.68. The van der Waals surface area contributed by atoms with E-state index in [1.165, 1.54) is 6.42 Å². The highest BCUT2D eigenvalue weighted by Gasteiger charge is 2.26. The molecule has 0 amide bonds. The third-order valence-electron chi connectivity index (χ3n) is 6.27. The lowest BCUT2D eigenvalue weighted by Gasteiger charge is -2.29. The molecule has 8 heteroatoms. The highest BCUT2D eigenvalue weighted by atomic mass is 16.5. The molecule has 0 bridgehead atoms. The molecule has 1 saturated heterocycles. The molecule has 3 aromatic rings. The van der Waals surface area contributed by atoms with E-state index in [-0.39, 0.29) is 6.61 Å². The molecule has 0 saturated carbocycles. The lowest BCUT2D eigenvalue weighted by Crippen LogP contribution is -2.36. The first-order chi connectivity index (χ1) is 17.2. The van der Waals surface area contributed by atoms with Crippen LogP contribution in [0.5, 0.6) is 0 Å². The fourth-order valence-corrected chi connectivity index (χ4v) is 4.54. The Morgan fingerprint density at radius 2 is 1.94 bits per heavy atom. The van der Waals surface area contributed by atoms with Crippen LogP contribution in [0.25, 0.3) is 11.3 Å². The molecule has 1 atom stereocenters. The summed E-state index contributed by atoms with van der Waals surface area (Å²) in [7, 11) is 1.71. The SMILES string of the molecule is COCCCN(Cc1c(-c2ccccc2)noc1N1CCCCC1)C[C@@H](O)COCc1ccco1. The Bertz CT molecular complexity index is 970. The number of ether oxygens (including phenoxy) is 2. The van der Waals surface area contributed by atoms with Gasteiger partial charge in [0.25, 0.3) is 0 Å². The van der Waals surface area contributed by atoms with Crippen LogP contribution < -0.4 is 4.90 Å². The number of hydrogen-bond acceptors (Lipinski definition) is 8. The third-order valence-corrected chi connectivity index (χ3v) is 6.27. The minimum atomic E-state index is -0.633. The van der Waals surface area contributed by atoms with Gasteiger partial charge in [0, 0.05) is 52.0 Å². The smallest absolute Gasteiger partial charge is 0.232 e. The van der Waals surface area contributed by atoms with Crippen molar-refractivity contribution in [3.05, 3.63) is 60.1 Å². The summed E-state index contributed by atoms with van der Waals surface area (Å²) in [6.45, 7) is 5.07. The number of hydrogen-bond donors (Lipinski definition) is 1. The summed E-state index contributed by atoms with van der Waals surface area (Å²) in [5, 5.41) is 15.3. The number of furan rings is 1. The average Bonchev–Trinajstić information content (AvgIpc) is 3.55. The number of methoxy groups -OCH3 is 1. The molecular weight excluding hydrogens is 446 g/mol. The van der Waals surface area contributed by atoms with E-state index < -0.39 is 6.10 Å². The number of benzene rings is 1. The van der Waals surface area contributed by atoms with Crippen molar-refractivity contribution in [1.29, 1.82) is 0 Å². The molecule has 4 rings (SSSR count). The van der Waals surface area contributed by atoms with Gasteiger partial charge in [-0.1, -0.05) is 35.5 Å². The predicted molar refractivity (Wildman–Crippen MR) is 134 cm³/mol. The first kappa shape index (κ1) is 25.4.